The maximum Gasteiger partial charge on any atom is 0.276 e. The molecule has 0 spiro atoms. The van der Waals surface area contributed by atoms with Gasteiger partial charge in [0.2, 0.25) is 0 Å². The Bertz CT molecular complexity index is 989. The number of hydrogen-bond donors (Lipinski definition) is 3. The Balaban J connectivity index is 1.96. The maximum absolute atomic E-state index is 14.6. The van der Waals surface area contributed by atoms with Crippen LogP contribution in [-0.4, -0.2) is 50.5 Å². The summed E-state index contributed by atoms with van der Waals surface area (Å²) in [5, 5.41) is 8.03. The smallest absolute Gasteiger partial charge is 0.276 e. The maximum atomic E-state index is 14.6. The van der Waals surface area contributed by atoms with Gasteiger partial charge in [0.1, 0.15) is 18.3 Å². The first-order chi connectivity index (χ1) is 14.3. The van der Waals surface area contributed by atoms with Gasteiger partial charge in [0.05, 0.1) is 12.3 Å². The number of alkyl halides is 2. The fraction of sp³-hybridized carbons (Fsp3) is 0.316. The Morgan fingerprint density at radius 1 is 1.40 bits per heavy atom. The molecule has 1 fully saturated rings. The Morgan fingerprint density at radius 3 is 2.83 bits per heavy atom. The average Bonchev–Trinajstić information content (AvgIpc) is 2.74. The molecule has 160 valence electrons. The fourth-order valence-electron chi connectivity index (χ4n) is 3.08. The van der Waals surface area contributed by atoms with E-state index in [1.165, 1.54) is 19.3 Å². The highest BCUT2D eigenvalue weighted by Crippen LogP contribution is 2.34. The average molecular weight is 486 g/mol. The molecule has 2 aromatic rings. The number of morpholine rings is 1. The summed E-state index contributed by atoms with van der Waals surface area (Å²) in [7, 11) is 3.05. The summed E-state index contributed by atoms with van der Waals surface area (Å²) in [4.78, 5) is 20.6. The first kappa shape index (κ1) is 22.0. The molecule has 30 heavy (non-hydrogen) atoms. The van der Waals surface area contributed by atoms with E-state index in [1.807, 2.05) is 0 Å². The molecule has 1 aliphatic rings. The van der Waals surface area contributed by atoms with Crippen molar-refractivity contribution in [2.45, 2.75) is 12.0 Å². The lowest BCUT2D eigenvalue weighted by Gasteiger charge is -2.39. The highest BCUT2D eigenvalue weighted by Gasteiger charge is 2.47. The molecule has 1 atom stereocenters. The molecule has 1 amide bonds. The molecule has 0 bridgehead atoms. The van der Waals surface area contributed by atoms with Crippen molar-refractivity contribution in [2.75, 3.05) is 37.9 Å². The first-order valence-electron chi connectivity index (χ1n) is 8.85. The van der Waals surface area contributed by atoms with Crippen LogP contribution in [0.2, 0.25) is 0 Å². The third kappa shape index (κ3) is 4.26. The second-order valence-electron chi connectivity index (χ2n) is 6.51. The summed E-state index contributed by atoms with van der Waals surface area (Å²) in [6.07, 6.45) is -1.55. The van der Waals surface area contributed by atoms with Crippen molar-refractivity contribution in [3.05, 3.63) is 52.0 Å². The van der Waals surface area contributed by atoms with Crippen LogP contribution in [0.3, 0.4) is 0 Å². The first-order valence-corrected chi connectivity index (χ1v) is 9.64. The van der Waals surface area contributed by atoms with E-state index in [-0.39, 0.29) is 29.4 Å². The van der Waals surface area contributed by atoms with Crippen molar-refractivity contribution in [1.29, 1.82) is 0 Å². The molecular formula is C19H19BrF3N5O2. The van der Waals surface area contributed by atoms with Crippen molar-refractivity contribution in [1.82, 2.24) is 10.3 Å². The number of rotatable bonds is 5. The van der Waals surface area contributed by atoms with Gasteiger partial charge < -0.3 is 20.7 Å². The predicted octanol–water partition coefficient (Wildman–Crippen LogP) is 3.39. The monoisotopic (exact) mass is 485 g/mol. The van der Waals surface area contributed by atoms with Crippen LogP contribution in [0.1, 0.15) is 16.1 Å². The number of nitrogens with zero attached hydrogens (tertiary/aromatic N) is 2. The zero-order chi connectivity index (χ0) is 21.9. The Labute approximate surface area is 179 Å². The Kier molecular flexibility index (Phi) is 6.61. The molecule has 1 saturated heterocycles. The number of aromatic nitrogens is 1. The number of carbonyl (C=O) groups excluding carboxylic acids is 1. The lowest BCUT2D eigenvalue weighted by atomic mass is 9.89. The second kappa shape index (κ2) is 9.00. The van der Waals surface area contributed by atoms with Crippen molar-refractivity contribution in [3.63, 3.8) is 0 Å². The van der Waals surface area contributed by atoms with Crippen molar-refractivity contribution >= 4 is 39.0 Å². The van der Waals surface area contributed by atoms with Crippen LogP contribution >= 0.6 is 15.9 Å². The van der Waals surface area contributed by atoms with Gasteiger partial charge in [-0.3, -0.25) is 9.79 Å². The summed E-state index contributed by atoms with van der Waals surface area (Å²) in [6, 6.07) is 5.12. The lowest BCUT2D eigenvalue weighted by Crippen LogP contribution is -2.59. The zero-order valence-corrected chi connectivity index (χ0v) is 17.7. The number of pyridine rings is 1. The van der Waals surface area contributed by atoms with Crippen molar-refractivity contribution < 1.29 is 22.7 Å². The molecule has 0 saturated carbocycles. The van der Waals surface area contributed by atoms with Gasteiger partial charge >= 0.3 is 0 Å². The normalized spacial score (nSPS) is 20.2. The number of aliphatic imine (C=N–C) groups is 1. The van der Waals surface area contributed by atoms with Crippen LogP contribution in [0, 0.1) is 5.82 Å². The van der Waals surface area contributed by atoms with Gasteiger partial charge in [-0.2, -0.15) is 0 Å². The van der Waals surface area contributed by atoms with Crippen LogP contribution in [0.15, 0.2) is 39.9 Å². The molecule has 11 heteroatoms. The number of ether oxygens (including phenoxy) is 1. The molecule has 3 N–H and O–H groups in total. The molecule has 2 heterocycles. The largest absolute Gasteiger partial charge is 0.386 e. The van der Waals surface area contributed by atoms with Crippen molar-refractivity contribution in [3.8, 4) is 0 Å². The SMILES string of the molecule is CN=C1COC[C@](c2cc(NC(=O)c3ncc(Br)cc3NC)ccc2F)(C(F)F)N1. The second-order valence-corrected chi connectivity index (χ2v) is 7.42. The standard InChI is InChI=1S/C19H19BrF3N5O2/c1-24-14-5-10(20)7-26-16(14)17(29)27-11-3-4-13(21)12(6-11)19(18(22)23)9-30-8-15(25-2)28-19/h3-7,18,24H,8-9H2,1-2H3,(H,25,28)(H,27,29)/t19-/m0/s1. The van der Waals surface area contributed by atoms with E-state index >= 15 is 0 Å². The summed E-state index contributed by atoms with van der Waals surface area (Å²) < 4.78 is 48.7. The van der Waals surface area contributed by atoms with E-state index in [4.69, 9.17) is 4.74 Å². The molecule has 3 rings (SSSR count). The zero-order valence-electron chi connectivity index (χ0n) is 16.1. The van der Waals surface area contributed by atoms with Gasteiger partial charge in [0.15, 0.2) is 11.2 Å². The Hall–Kier alpha value is -2.66. The van der Waals surface area contributed by atoms with Crippen LogP contribution < -0.4 is 16.0 Å². The summed E-state index contributed by atoms with van der Waals surface area (Å²) >= 11 is 3.27. The van der Waals surface area contributed by atoms with E-state index in [1.54, 1.807) is 13.1 Å². The van der Waals surface area contributed by atoms with Gasteiger partial charge in [-0.1, -0.05) is 0 Å². The highest BCUT2D eigenvalue weighted by atomic mass is 79.9. The van der Waals surface area contributed by atoms with Gasteiger partial charge in [-0.05, 0) is 40.2 Å². The van der Waals surface area contributed by atoms with E-state index < -0.39 is 30.3 Å². The van der Waals surface area contributed by atoms with Gasteiger partial charge in [-0.15, -0.1) is 0 Å². The predicted molar refractivity (Wildman–Crippen MR) is 111 cm³/mol. The quantitative estimate of drug-likeness (QED) is 0.604. The number of anilines is 2. The van der Waals surface area contributed by atoms with Gasteiger partial charge in [0, 0.05) is 36.0 Å². The summed E-state index contributed by atoms with van der Waals surface area (Å²) in [5.41, 5.74) is -1.79. The van der Waals surface area contributed by atoms with Crippen LogP contribution in [0.4, 0.5) is 24.5 Å². The molecule has 1 aromatic heterocycles. The third-order valence-electron chi connectivity index (χ3n) is 4.62. The van der Waals surface area contributed by atoms with Gasteiger partial charge in [-0.25, -0.2) is 18.2 Å². The number of benzene rings is 1. The van der Waals surface area contributed by atoms with Crippen LogP contribution in [-0.2, 0) is 10.3 Å². The van der Waals surface area contributed by atoms with E-state index in [2.05, 4.69) is 41.9 Å². The number of halogens is 4. The number of amides is 1. The van der Waals surface area contributed by atoms with E-state index in [9.17, 15) is 18.0 Å². The summed E-state index contributed by atoms with van der Waals surface area (Å²) in [6.45, 7) is -0.443. The molecule has 0 aliphatic carbocycles. The van der Waals surface area contributed by atoms with Crippen LogP contribution in [0.5, 0.6) is 0 Å². The minimum Gasteiger partial charge on any atom is -0.386 e. The number of hydrogen-bond acceptors (Lipinski definition) is 5. The number of carbonyl (C=O) groups is 1. The molecular weight excluding hydrogens is 467 g/mol. The Morgan fingerprint density at radius 2 is 2.17 bits per heavy atom. The molecule has 7 nitrogen and oxygen atoms in total. The molecule has 0 radical (unpaired) electrons. The van der Waals surface area contributed by atoms with Crippen molar-refractivity contribution in [2.24, 2.45) is 4.99 Å². The number of nitrogens with one attached hydrogen (secondary N) is 3. The number of amidine groups is 1. The third-order valence-corrected chi connectivity index (χ3v) is 5.06. The fourth-order valence-corrected chi connectivity index (χ4v) is 3.42. The van der Waals surface area contributed by atoms with Gasteiger partial charge in [0.25, 0.3) is 12.3 Å². The lowest BCUT2D eigenvalue weighted by molar-refractivity contribution is -0.0332. The van der Waals surface area contributed by atoms with Crippen LogP contribution in [0.25, 0.3) is 0 Å². The minimum absolute atomic E-state index is 0.0189. The topological polar surface area (TPSA) is 87.6 Å². The highest BCUT2D eigenvalue weighted by molar-refractivity contribution is 9.10. The molecule has 0 unspecified atom stereocenters. The summed E-state index contributed by atoms with van der Waals surface area (Å²) in [5.74, 6) is -1.27. The minimum atomic E-state index is -3.00. The molecule has 1 aliphatic heterocycles. The van der Waals surface area contributed by atoms with E-state index in [0.717, 1.165) is 12.1 Å². The molecule has 1 aromatic carbocycles. The van der Waals surface area contributed by atoms with E-state index in [0.29, 0.717) is 10.2 Å².